The van der Waals surface area contributed by atoms with Crippen LogP contribution < -0.4 is 9.47 Å². The minimum absolute atomic E-state index is 0.188. The molecule has 1 amide bonds. The maximum atomic E-state index is 12.7. The van der Waals surface area contributed by atoms with Crippen molar-refractivity contribution >= 4 is 15.7 Å². The largest absolute Gasteiger partial charge is 0.497 e. The number of nitrogens with zero attached hydrogens (tertiary/aromatic N) is 1. The van der Waals surface area contributed by atoms with Crippen molar-refractivity contribution in [3.8, 4) is 11.5 Å². The lowest BCUT2D eigenvalue weighted by atomic mass is 10.0. The Balaban J connectivity index is 1.67. The van der Waals surface area contributed by atoms with Gasteiger partial charge in [0.25, 0.3) is 5.91 Å². The van der Waals surface area contributed by atoms with Crippen LogP contribution >= 0.6 is 0 Å². The molecule has 6 nitrogen and oxygen atoms in total. The summed E-state index contributed by atoms with van der Waals surface area (Å²) in [5.74, 6) is 0.886. The quantitative estimate of drug-likeness (QED) is 0.798. The SMILES string of the molecule is COc1cc(OC)cc(C(=O)N2CC(S(=O)(=O)C3CCCCC3)C2)c1. The summed E-state index contributed by atoms with van der Waals surface area (Å²) in [6.45, 7) is 0.550. The van der Waals surface area contributed by atoms with Gasteiger partial charge in [-0.25, -0.2) is 8.42 Å². The van der Waals surface area contributed by atoms with E-state index in [2.05, 4.69) is 0 Å². The molecule has 0 radical (unpaired) electrons. The number of likely N-dealkylation sites (tertiary alicyclic amines) is 1. The van der Waals surface area contributed by atoms with Gasteiger partial charge in [-0.2, -0.15) is 0 Å². The third kappa shape index (κ3) is 3.61. The average Bonchev–Trinajstić information content (AvgIpc) is 2.60. The zero-order valence-electron chi connectivity index (χ0n) is 14.7. The molecule has 1 aliphatic heterocycles. The highest BCUT2D eigenvalue weighted by Gasteiger charge is 2.43. The molecular formula is C18H25NO5S. The fraction of sp³-hybridized carbons (Fsp3) is 0.611. The lowest BCUT2D eigenvalue weighted by Gasteiger charge is -2.41. The lowest BCUT2D eigenvalue weighted by molar-refractivity contribution is 0.0657. The van der Waals surface area contributed by atoms with Crippen LogP contribution in [0.25, 0.3) is 0 Å². The fourth-order valence-electron chi connectivity index (χ4n) is 3.59. The molecule has 0 atom stereocenters. The van der Waals surface area contributed by atoms with Crippen molar-refractivity contribution in [2.75, 3.05) is 27.3 Å². The Bertz CT molecular complexity index is 712. The van der Waals surface area contributed by atoms with E-state index in [-0.39, 0.29) is 24.2 Å². The van der Waals surface area contributed by atoms with Gasteiger partial charge in [0, 0.05) is 24.7 Å². The van der Waals surface area contributed by atoms with Gasteiger partial charge in [0.15, 0.2) is 9.84 Å². The van der Waals surface area contributed by atoms with Gasteiger partial charge in [-0.15, -0.1) is 0 Å². The van der Waals surface area contributed by atoms with Gasteiger partial charge in [0.2, 0.25) is 0 Å². The van der Waals surface area contributed by atoms with Crippen LogP contribution in [0.3, 0.4) is 0 Å². The third-order valence-electron chi connectivity index (χ3n) is 5.22. The molecule has 1 aromatic carbocycles. The normalized spacial score (nSPS) is 19.4. The van der Waals surface area contributed by atoms with Crippen LogP contribution in [-0.2, 0) is 9.84 Å². The summed E-state index contributed by atoms with van der Waals surface area (Å²) in [5.41, 5.74) is 0.449. The van der Waals surface area contributed by atoms with Crippen LogP contribution in [0.5, 0.6) is 11.5 Å². The first-order valence-electron chi connectivity index (χ1n) is 8.70. The Morgan fingerprint density at radius 3 is 2.04 bits per heavy atom. The molecular weight excluding hydrogens is 342 g/mol. The minimum Gasteiger partial charge on any atom is -0.497 e. The number of carbonyl (C=O) groups is 1. The van der Waals surface area contributed by atoms with Gasteiger partial charge in [-0.1, -0.05) is 19.3 Å². The zero-order chi connectivity index (χ0) is 18.0. The molecule has 0 aromatic heterocycles. The van der Waals surface area contributed by atoms with Crippen LogP contribution in [0, 0.1) is 0 Å². The molecule has 0 spiro atoms. The summed E-state index contributed by atoms with van der Waals surface area (Å²) in [4.78, 5) is 14.2. The number of sulfone groups is 1. The van der Waals surface area contributed by atoms with Crippen molar-refractivity contribution in [1.29, 1.82) is 0 Å². The molecule has 25 heavy (non-hydrogen) atoms. The molecule has 1 saturated heterocycles. The van der Waals surface area contributed by atoms with Gasteiger partial charge in [-0.05, 0) is 25.0 Å². The highest BCUT2D eigenvalue weighted by Crippen LogP contribution is 2.31. The number of ether oxygens (including phenoxy) is 2. The van der Waals surface area contributed by atoms with Crippen molar-refractivity contribution in [1.82, 2.24) is 4.90 Å². The highest BCUT2D eigenvalue weighted by atomic mass is 32.2. The van der Waals surface area contributed by atoms with E-state index in [0.717, 1.165) is 32.1 Å². The Labute approximate surface area is 149 Å². The standard InChI is InChI=1S/C18H25NO5S/c1-23-14-8-13(9-15(10-14)24-2)18(20)19-11-17(12-19)25(21,22)16-6-4-3-5-7-16/h8-10,16-17H,3-7,11-12H2,1-2H3. The highest BCUT2D eigenvalue weighted by molar-refractivity contribution is 7.92. The fourth-order valence-corrected chi connectivity index (χ4v) is 5.90. The Kier molecular flexibility index (Phi) is 5.22. The van der Waals surface area contributed by atoms with Crippen LogP contribution in [-0.4, -0.2) is 57.0 Å². The summed E-state index contributed by atoms with van der Waals surface area (Å²) in [6, 6.07) is 4.99. The summed E-state index contributed by atoms with van der Waals surface area (Å²) in [6.07, 6.45) is 4.63. The number of carbonyl (C=O) groups excluding carboxylic acids is 1. The molecule has 1 saturated carbocycles. The average molecular weight is 367 g/mol. The molecule has 2 aliphatic rings. The topological polar surface area (TPSA) is 72.9 Å². The van der Waals surface area contributed by atoms with E-state index in [1.165, 1.54) is 14.2 Å². The molecule has 2 fully saturated rings. The number of rotatable bonds is 5. The van der Waals surface area contributed by atoms with Gasteiger partial charge in [-0.3, -0.25) is 4.79 Å². The van der Waals surface area contributed by atoms with Crippen molar-refractivity contribution in [2.24, 2.45) is 0 Å². The number of amides is 1. The summed E-state index contributed by atoms with van der Waals surface area (Å²) in [7, 11) is -0.0884. The summed E-state index contributed by atoms with van der Waals surface area (Å²) in [5, 5.41) is -0.646. The number of benzene rings is 1. The van der Waals surface area contributed by atoms with E-state index in [1.807, 2.05) is 0 Å². The number of hydrogen-bond donors (Lipinski definition) is 0. The molecule has 138 valence electrons. The van der Waals surface area contributed by atoms with Crippen molar-refractivity contribution < 1.29 is 22.7 Å². The molecule has 3 rings (SSSR count). The van der Waals surface area contributed by atoms with Crippen LogP contribution in [0.1, 0.15) is 42.5 Å². The van der Waals surface area contributed by atoms with Gasteiger partial charge < -0.3 is 14.4 Å². The molecule has 7 heteroatoms. The monoisotopic (exact) mass is 367 g/mol. The second kappa shape index (κ2) is 7.23. The first-order chi connectivity index (χ1) is 12.0. The van der Waals surface area contributed by atoms with E-state index in [0.29, 0.717) is 17.1 Å². The predicted octanol–water partition coefficient (Wildman–Crippen LogP) is 2.28. The maximum absolute atomic E-state index is 12.7. The summed E-state index contributed by atoms with van der Waals surface area (Å²) < 4.78 is 35.8. The first-order valence-corrected chi connectivity index (χ1v) is 10.3. The van der Waals surface area contributed by atoms with E-state index < -0.39 is 15.1 Å². The van der Waals surface area contributed by atoms with Crippen molar-refractivity contribution in [2.45, 2.75) is 42.6 Å². The predicted molar refractivity (Wildman–Crippen MR) is 95.0 cm³/mol. The Hall–Kier alpha value is -1.76. The van der Waals surface area contributed by atoms with Crippen molar-refractivity contribution in [3.63, 3.8) is 0 Å². The molecule has 1 aliphatic carbocycles. The van der Waals surface area contributed by atoms with Gasteiger partial charge in [0.1, 0.15) is 11.5 Å². The molecule has 0 N–H and O–H groups in total. The molecule has 1 aromatic rings. The van der Waals surface area contributed by atoms with Crippen molar-refractivity contribution in [3.05, 3.63) is 23.8 Å². The lowest BCUT2D eigenvalue weighted by Crippen LogP contribution is -2.58. The molecule has 0 unspecified atom stereocenters. The Morgan fingerprint density at radius 1 is 0.960 bits per heavy atom. The van der Waals surface area contributed by atoms with Gasteiger partial charge >= 0.3 is 0 Å². The molecule has 0 bridgehead atoms. The van der Waals surface area contributed by atoms with E-state index >= 15 is 0 Å². The smallest absolute Gasteiger partial charge is 0.254 e. The first kappa shape index (κ1) is 18.0. The van der Waals surface area contributed by atoms with Crippen LogP contribution in [0.15, 0.2) is 18.2 Å². The number of methoxy groups -OCH3 is 2. The van der Waals surface area contributed by atoms with E-state index in [9.17, 15) is 13.2 Å². The van der Waals surface area contributed by atoms with E-state index in [4.69, 9.17) is 9.47 Å². The summed E-state index contributed by atoms with van der Waals surface area (Å²) >= 11 is 0. The Morgan fingerprint density at radius 2 is 1.52 bits per heavy atom. The van der Waals surface area contributed by atoms with Crippen LogP contribution in [0.4, 0.5) is 0 Å². The third-order valence-corrected chi connectivity index (χ3v) is 7.84. The molecule has 1 heterocycles. The van der Waals surface area contributed by atoms with Crippen LogP contribution in [0.2, 0.25) is 0 Å². The zero-order valence-corrected chi connectivity index (χ0v) is 15.5. The maximum Gasteiger partial charge on any atom is 0.254 e. The second-order valence-electron chi connectivity index (χ2n) is 6.78. The van der Waals surface area contributed by atoms with E-state index in [1.54, 1.807) is 23.1 Å². The van der Waals surface area contributed by atoms with Gasteiger partial charge in [0.05, 0.1) is 24.7 Å². The number of hydrogen-bond acceptors (Lipinski definition) is 5. The second-order valence-corrected chi connectivity index (χ2v) is 9.29. The minimum atomic E-state index is -3.14.